The molecule has 0 bridgehead atoms. The first-order valence-electron chi connectivity index (χ1n) is 5.52. The summed E-state index contributed by atoms with van der Waals surface area (Å²) < 4.78 is 5.44. The minimum absolute atomic E-state index is 0.0149. The molecule has 0 radical (unpaired) electrons. The van der Waals surface area contributed by atoms with E-state index in [-0.39, 0.29) is 11.3 Å². The van der Waals surface area contributed by atoms with Crippen molar-refractivity contribution in [3.63, 3.8) is 0 Å². The Bertz CT molecular complexity index is 225. The Morgan fingerprint density at radius 3 is 2.73 bits per heavy atom. The average molecular weight is 234 g/mol. The van der Waals surface area contributed by atoms with Crippen LogP contribution >= 0.6 is 11.6 Å². The molecular weight excluding hydrogens is 214 g/mol. The van der Waals surface area contributed by atoms with Crippen LogP contribution in [0.2, 0.25) is 0 Å². The zero-order valence-corrected chi connectivity index (χ0v) is 10.4. The van der Waals surface area contributed by atoms with Gasteiger partial charge in [0.05, 0.1) is 5.38 Å². The molecule has 2 atom stereocenters. The zero-order chi connectivity index (χ0) is 11.5. The lowest BCUT2D eigenvalue weighted by atomic mass is 10.0. The van der Waals surface area contributed by atoms with Gasteiger partial charge in [-0.05, 0) is 25.7 Å². The molecule has 4 heteroatoms. The maximum atomic E-state index is 11.8. The van der Waals surface area contributed by atoms with Crippen LogP contribution < -0.4 is 5.32 Å². The van der Waals surface area contributed by atoms with Gasteiger partial charge in [-0.1, -0.05) is 13.8 Å². The minimum Gasteiger partial charge on any atom is -0.365 e. The molecule has 0 saturated carbocycles. The topological polar surface area (TPSA) is 38.3 Å². The zero-order valence-electron chi connectivity index (χ0n) is 9.68. The number of rotatable bonds is 4. The van der Waals surface area contributed by atoms with Gasteiger partial charge in [-0.2, -0.15) is 0 Å². The van der Waals surface area contributed by atoms with Gasteiger partial charge in [-0.15, -0.1) is 11.6 Å². The van der Waals surface area contributed by atoms with Gasteiger partial charge in [-0.3, -0.25) is 4.79 Å². The minimum atomic E-state index is -0.631. The van der Waals surface area contributed by atoms with Crippen molar-refractivity contribution < 1.29 is 9.53 Å². The molecule has 1 N–H and O–H groups in total. The summed E-state index contributed by atoms with van der Waals surface area (Å²) in [6, 6.07) is 0. The van der Waals surface area contributed by atoms with Crippen molar-refractivity contribution in [3.05, 3.63) is 0 Å². The molecule has 0 aromatic heterocycles. The Labute approximate surface area is 96.5 Å². The van der Waals surface area contributed by atoms with Gasteiger partial charge in [0.15, 0.2) is 0 Å². The standard InChI is InChI=1S/C11H20ClNO2/c1-8(2)9(12)7-13-10(14)11(3)5-4-6-15-11/h8-9H,4-7H2,1-3H3,(H,13,14). The lowest BCUT2D eigenvalue weighted by Crippen LogP contribution is -2.46. The Kier molecular flexibility index (Phi) is 4.41. The molecule has 1 saturated heterocycles. The molecule has 3 nitrogen and oxygen atoms in total. The summed E-state index contributed by atoms with van der Waals surface area (Å²) in [5.41, 5.74) is -0.631. The summed E-state index contributed by atoms with van der Waals surface area (Å²) in [5, 5.41) is 2.84. The molecular formula is C11H20ClNO2. The van der Waals surface area contributed by atoms with Crippen molar-refractivity contribution in [2.24, 2.45) is 5.92 Å². The van der Waals surface area contributed by atoms with E-state index in [9.17, 15) is 4.79 Å². The third-order valence-corrected chi connectivity index (χ3v) is 3.54. The fourth-order valence-corrected chi connectivity index (χ4v) is 1.65. The lowest BCUT2D eigenvalue weighted by molar-refractivity contribution is -0.139. The summed E-state index contributed by atoms with van der Waals surface area (Å²) in [6.07, 6.45) is 1.76. The van der Waals surface area contributed by atoms with Crippen LogP contribution in [0.1, 0.15) is 33.6 Å². The van der Waals surface area contributed by atoms with Crippen LogP contribution in [-0.2, 0) is 9.53 Å². The van der Waals surface area contributed by atoms with Gasteiger partial charge < -0.3 is 10.1 Å². The molecule has 0 aromatic carbocycles. The second-order valence-electron chi connectivity index (χ2n) is 4.65. The van der Waals surface area contributed by atoms with Gasteiger partial charge in [0.25, 0.3) is 5.91 Å². The van der Waals surface area contributed by atoms with E-state index in [0.29, 0.717) is 19.1 Å². The number of amides is 1. The number of hydrogen-bond acceptors (Lipinski definition) is 2. The van der Waals surface area contributed by atoms with Crippen molar-refractivity contribution in [1.82, 2.24) is 5.32 Å². The van der Waals surface area contributed by atoms with E-state index in [1.165, 1.54) is 0 Å². The number of carbonyl (C=O) groups is 1. The summed E-state index contributed by atoms with van der Waals surface area (Å²) in [7, 11) is 0. The number of hydrogen-bond donors (Lipinski definition) is 1. The van der Waals surface area contributed by atoms with Crippen LogP contribution in [-0.4, -0.2) is 30.0 Å². The van der Waals surface area contributed by atoms with Gasteiger partial charge in [-0.25, -0.2) is 0 Å². The van der Waals surface area contributed by atoms with E-state index in [1.54, 1.807) is 0 Å². The Morgan fingerprint density at radius 2 is 2.27 bits per heavy atom. The molecule has 1 rings (SSSR count). The first-order chi connectivity index (χ1) is 6.96. The van der Waals surface area contributed by atoms with E-state index in [4.69, 9.17) is 16.3 Å². The first-order valence-corrected chi connectivity index (χ1v) is 5.95. The van der Waals surface area contributed by atoms with E-state index >= 15 is 0 Å². The average Bonchev–Trinajstić information content (AvgIpc) is 2.62. The van der Waals surface area contributed by atoms with E-state index < -0.39 is 5.60 Å². The second-order valence-corrected chi connectivity index (χ2v) is 5.21. The highest BCUT2D eigenvalue weighted by Crippen LogP contribution is 2.25. The Morgan fingerprint density at radius 1 is 1.60 bits per heavy atom. The molecule has 1 aliphatic rings. The summed E-state index contributed by atoms with van der Waals surface area (Å²) in [4.78, 5) is 11.8. The van der Waals surface area contributed by atoms with Gasteiger partial charge >= 0.3 is 0 Å². The third kappa shape index (κ3) is 3.35. The van der Waals surface area contributed by atoms with Gasteiger partial charge in [0, 0.05) is 13.2 Å². The fraction of sp³-hybridized carbons (Fsp3) is 0.909. The Balaban J connectivity index is 2.35. The molecule has 1 heterocycles. The predicted octanol–water partition coefficient (Wildman–Crippen LogP) is 1.94. The molecule has 0 spiro atoms. The van der Waals surface area contributed by atoms with E-state index in [2.05, 4.69) is 5.32 Å². The van der Waals surface area contributed by atoms with Crippen molar-refractivity contribution >= 4 is 17.5 Å². The van der Waals surface area contributed by atoms with Crippen molar-refractivity contribution in [3.8, 4) is 0 Å². The maximum absolute atomic E-state index is 11.8. The number of ether oxygens (including phenoxy) is 1. The van der Waals surface area contributed by atoms with Gasteiger partial charge in [0.2, 0.25) is 0 Å². The smallest absolute Gasteiger partial charge is 0.252 e. The maximum Gasteiger partial charge on any atom is 0.252 e. The van der Waals surface area contributed by atoms with Crippen LogP contribution in [0.3, 0.4) is 0 Å². The largest absolute Gasteiger partial charge is 0.365 e. The quantitative estimate of drug-likeness (QED) is 0.754. The fourth-order valence-electron chi connectivity index (χ4n) is 1.57. The number of nitrogens with one attached hydrogen (secondary N) is 1. The summed E-state index contributed by atoms with van der Waals surface area (Å²) in [6.45, 7) is 7.11. The van der Waals surface area contributed by atoms with Crippen LogP contribution in [0, 0.1) is 5.92 Å². The molecule has 1 fully saturated rings. The Hall–Kier alpha value is -0.280. The number of alkyl halides is 1. The third-order valence-electron chi connectivity index (χ3n) is 2.88. The highest BCUT2D eigenvalue weighted by Gasteiger charge is 2.37. The summed E-state index contributed by atoms with van der Waals surface area (Å²) in [5.74, 6) is 0.329. The van der Waals surface area contributed by atoms with Crippen molar-refractivity contribution in [1.29, 1.82) is 0 Å². The predicted molar refractivity (Wildman–Crippen MR) is 61.1 cm³/mol. The summed E-state index contributed by atoms with van der Waals surface area (Å²) >= 11 is 6.06. The van der Waals surface area contributed by atoms with Crippen molar-refractivity contribution in [2.75, 3.05) is 13.2 Å². The molecule has 2 unspecified atom stereocenters. The van der Waals surface area contributed by atoms with E-state index in [0.717, 1.165) is 12.8 Å². The lowest BCUT2D eigenvalue weighted by Gasteiger charge is -2.23. The second kappa shape index (κ2) is 5.17. The molecule has 1 aliphatic heterocycles. The molecule has 0 aromatic rings. The van der Waals surface area contributed by atoms with Gasteiger partial charge in [0.1, 0.15) is 5.60 Å². The monoisotopic (exact) mass is 233 g/mol. The molecule has 1 amide bonds. The molecule has 88 valence electrons. The van der Waals surface area contributed by atoms with Crippen LogP contribution in [0.25, 0.3) is 0 Å². The first kappa shape index (κ1) is 12.8. The van der Waals surface area contributed by atoms with Crippen LogP contribution in [0.15, 0.2) is 0 Å². The SMILES string of the molecule is CC(C)C(Cl)CNC(=O)C1(C)CCCO1. The number of carbonyl (C=O) groups excluding carboxylic acids is 1. The highest BCUT2D eigenvalue weighted by atomic mass is 35.5. The van der Waals surface area contributed by atoms with Crippen LogP contribution in [0.4, 0.5) is 0 Å². The van der Waals surface area contributed by atoms with Crippen LogP contribution in [0.5, 0.6) is 0 Å². The highest BCUT2D eigenvalue weighted by molar-refractivity contribution is 6.21. The molecule has 15 heavy (non-hydrogen) atoms. The van der Waals surface area contributed by atoms with Crippen molar-refractivity contribution in [2.45, 2.75) is 44.6 Å². The number of halogens is 1. The molecule has 0 aliphatic carbocycles. The van der Waals surface area contributed by atoms with E-state index in [1.807, 2.05) is 20.8 Å². The normalized spacial score (nSPS) is 28.1.